The topological polar surface area (TPSA) is 29.3 Å². The normalized spacial score (nSPS) is 26.1. The minimum atomic E-state index is -0.532. The van der Waals surface area contributed by atoms with Gasteiger partial charge in [-0.3, -0.25) is 4.90 Å². The lowest BCUT2D eigenvalue weighted by Gasteiger charge is -2.35. The number of hydrogen-bond donors (Lipinski definition) is 1. The Bertz CT molecular complexity index is 395. The highest BCUT2D eigenvalue weighted by atomic mass is 19.1. The van der Waals surface area contributed by atoms with E-state index in [-0.39, 0.29) is 6.04 Å². The molecular formula is C13H18F2N2. The van der Waals surface area contributed by atoms with Gasteiger partial charge >= 0.3 is 0 Å². The first-order valence-corrected chi connectivity index (χ1v) is 5.98. The molecule has 2 atom stereocenters. The molecule has 1 aliphatic rings. The van der Waals surface area contributed by atoms with Crippen LogP contribution in [-0.4, -0.2) is 24.0 Å². The monoisotopic (exact) mass is 240 g/mol. The third kappa shape index (κ3) is 3.01. The fourth-order valence-corrected chi connectivity index (χ4v) is 2.20. The molecule has 1 saturated heterocycles. The number of halogens is 2. The van der Waals surface area contributed by atoms with Crippen molar-refractivity contribution in [2.75, 3.05) is 13.1 Å². The number of benzene rings is 1. The van der Waals surface area contributed by atoms with Gasteiger partial charge in [-0.25, -0.2) is 8.78 Å². The van der Waals surface area contributed by atoms with E-state index >= 15 is 0 Å². The number of hydrogen-bond acceptors (Lipinski definition) is 2. The zero-order chi connectivity index (χ0) is 12.4. The molecule has 0 bridgehead atoms. The first kappa shape index (κ1) is 12.5. The van der Waals surface area contributed by atoms with Crippen LogP contribution in [0.4, 0.5) is 8.78 Å². The maximum atomic E-state index is 13.5. The molecule has 0 aromatic heterocycles. The molecule has 94 valence electrons. The van der Waals surface area contributed by atoms with Crippen molar-refractivity contribution >= 4 is 0 Å². The molecule has 0 aliphatic carbocycles. The van der Waals surface area contributed by atoms with Gasteiger partial charge in [-0.15, -0.1) is 0 Å². The zero-order valence-electron chi connectivity index (χ0n) is 10.00. The van der Waals surface area contributed by atoms with Gasteiger partial charge in [0, 0.05) is 30.8 Å². The Morgan fingerprint density at radius 3 is 2.82 bits per heavy atom. The van der Waals surface area contributed by atoms with Crippen LogP contribution in [-0.2, 0) is 6.54 Å². The molecule has 1 fully saturated rings. The molecule has 4 heteroatoms. The molecule has 2 nitrogen and oxygen atoms in total. The number of likely N-dealkylation sites (tertiary alicyclic amines) is 1. The van der Waals surface area contributed by atoms with E-state index in [1.807, 2.05) is 0 Å². The number of nitrogens with two attached hydrogens (primary N) is 1. The van der Waals surface area contributed by atoms with Crippen LogP contribution in [0, 0.1) is 17.6 Å². The Morgan fingerprint density at radius 1 is 1.41 bits per heavy atom. The van der Waals surface area contributed by atoms with E-state index < -0.39 is 11.6 Å². The van der Waals surface area contributed by atoms with Crippen LogP contribution >= 0.6 is 0 Å². The van der Waals surface area contributed by atoms with Crippen molar-refractivity contribution in [3.8, 4) is 0 Å². The summed E-state index contributed by atoms with van der Waals surface area (Å²) in [5, 5.41) is 0. The Labute approximate surface area is 100 Å². The second-order valence-corrected chi connectivity index (χ2v) is 4.90. The fourth-order valence-electron chi connectivity index (χ4n) is 2.20. The maximum absolute atomic E-state index is 13.5. The smallest absolute Gasteiger partial charge is 0.130 e. The number of piperidine rings is 1. The van der Waals surface area contributed by atoms with Gasteiger partial charge < -0.3 is 5.73 Å². The molecule has 17 heavy (non-hydrogen) atoms. The van der Waals surface area contributed by atoms with Gasteiger partial charge in [0.1, 0.15) is 11.6 Å². The minimum absolute atomic E-state index is 0.146. The SMILES string of the molecule is CC1CCN(Cc2ccc(F)cc2F)CC1N. The molecule has 0 amide bonds. The molecule has 2 rings (SSSR count). The third-order valence-electron chi connectivity index (χ3n) is 3.51. The van der Waals surface area contributed by atoms with E-state index in [0.29, 0.717) is 18.0 Å². The standard InChI is InChI=1S/C13H18F2N2/c1-9-4-5-17(8-13(9)16)7-10-2-3-11(14)6-12(10)15/h2-3,6,9,13H,4-5,7-8,16H2,1H3. The summed E-state index contributed by atoms with van der Waals surface area (Å²) in [6, 6.07) is 3.88. The van der Waals surface area contributed by atoms with Crippen LogP contribution in [0.3, 0.4) is 0 Å². The Kier molecular flexibility index (Phi) is 3.74. The van der Waals surface area contributed by atoms with Gasteiger partial charge in [-0.1, -0.05) is 13.0 Å². The highest BCUT2D eigenvalue weighted by Crippen LogP contribution is 2.19. The minimum Gasteiger partial charge on any atom is -0.326 e. The van der Waals surface area contributed by atoms with E-state index in [1.54, 1.807) is 0 Å². The summed E-state index contributed by atoms with van der Waals surface area (Å²) in [6.45, 7) is 4.34. The van der Waals surface area contributed by atoms with Crippen LogP contribution in [0.5, 0.6) is 0 Å². The van der Waals surface area contributed by atoms with Crippen molar-refractivity contribution in [3.63, 3.8) is 0 Å². The number of rotatable bonds is 2. The quantitative estimate of drug-likeness (QED) is 0.858. The summed E-state index contributed by atoms with van der Waals surface area (Å²) in [6.07, 6.45) is 1.03. The van der Waals surface area contributed by atoms with Gasteiger partial charge in [0.2, 0.25) is 0 Å². The van der Waals surface area contributed by atoms with Crippen LogP contribution in [0.2, 0.25) is 0 Å². The molecular weight excluding hydrogens is 222 g/mol. The Balaban J connectivity index is 2.01. The van der Waals surface area contributed by atoms with Crippen molar-refractivity contribution < 1.29 is 8.78 Å². The third-order valence-corrected chi connectivity index (χ3v) is 3.51. The van der Waals surface area contributed by atoms with Gasteiger partial charge in [0.25, 0.3) is 0 Å². The first-order chi connectivity index (χ1) is 8.06. The van der Waals surface area contributed by atoms with Crippen molar-refractivity contribution in [2.45, 2.75) is 25.9 Å². The molecule has 0 spiro atoms. The first-order valence-electron chi connectivity index (χ1n) is 5.98. The van der Waals surface area contributed by atoms with E-state index in [9.17, 15) is 8.78 Å². The van der Waals surface area contributed by atoms with Crippen molar-refractivity contribution in [3.05, 3.63) is 35.4 Å². The summed E-state index contributed by atoms with van der Waals surface area (Å²) in [5.74, 6) is -0.489. The van der Waals surface area contributed by atoms with E-state index in [0.717, 1.165) is 25.6 Å². The van der Waals surface area contributed by atoms with Gasteiger partial charge in [0.05, 0.1) is 0 Å². The largest absolute Gasteiger partial charge is 0.326 e. The average Bonchev–Trinajstić information content (AvgIpc) is 2.27. The molecule has 1 aromatic rings. The fraction of sp³-hybridized carbons (Fsp3) is 0.538. The Morgan fingerprint density at radius 2 is 2.18 bits per heavy atom. The lowest BCUT2D eigenvalue weighted by Crippen LogP contribution is -2.47. The highest BCUT2D eigenvalue weighted by Gasteiger charge is 2.23. The maximum Gasteiger partial charge on any atom is 0.130 e. The van der Waals surface area contributed by atoms with Crippen molar-refractivity contribution in [2.24, 2.45) is 11.7 Å². The predicted octanol–water partition coefficient (Wildman–Crippen LogP) is 2.13. The second kappa shape index (κ2) is 5.10. The molecule has 2 N–H and O–H groups in total. The molecule has 0 radical (unpaired) electrons. The van der Waals surface area contributed by atoms with Gasteiger partial charge in [-0.05, 0) is 24.9 Å². The number of nitrogens with zero attached hydrogens (tertiary/aromatic N) is 1. The summed E-state index contributed by atoms with van der Waals surface area (Å²) >= 11 is 0. The highest BCUT2D eigenvalue weighted by molar-refractivity contribution is 5.18. The van der Waals surface area contributed by atoms with Crippen LogP contribution < -0.4 is 5.73 Å². The van der Waals surface area contributed by atoms with Crippen LogP contribution in [0.25, 0.3) is 0 Å². The molecule has 1 aliphatic heterocycles. The summed E-state index contributed by atoms with van der Waals surface area (Å²) in [4.78, 5) is 2.13. The Hall–Kier alpha value is -1.00. The zero-order valence-corrected chi connectivity index (χ0v) is 10.00. The summed E-state index contributed by atoms with van der Waals surface area (Å²) in [7, 11) is 0. The predicted molar refractivity (Wildman–Crippen MR) is 63.4 cm³/mol. The second-order valence-electron chi connectivity index (χ2n) is 4.90. The van der Waals surface area contributed by atoms with Crippen LogP contribution in [0.1, 0.15) is 18.9 Å². The summed E-state index contributed by atoms with van der Waals surface area (Å²) < 4.78 is 26.2. The van der Waals surface area contributed by atoms with Gasteiger partial charge in [-0.2, -0.15) is 0 Å². The van der Waals surface area contributed by atoms with Crippen molar-refractivity contribution in [1.29, 1.82) is 0 Å². The molecule has 1 heterocycles. The summed E-state index contributed by atoms with van der Waals surface area (Å²) in [5.41, 5.74) is 6.52. The van der Waals surface area contributed by atoms with Crippen LogP contribution in [0.15, 0.2) is 18.2 Å². The molecule has 2 unspecified atom stereocenters. The molecule has 1 aromatic carbocycles. The molecule has 0 saturated carbocycles. The van der Waals surface area contributed by atoms with E-state index in [1.165, 1.54) is 12.1 Å². The van der Waals surface area contributed by atoms with E-state index in [2.05, 4.69) is 11.8 Å². The van der Waals surface area contributed by atoms with Gasteiger partial charge in [0.15, 0.2) is 0 Å². The van der Waals surface area contributed by atoms with E-state index in [4.69, 9.17) is 5.73 Å². The lowest BCUT2D eigenvalue weighted by molar-refractivity contribution is 0.160. The lowest BCUT2D eigenvalue weighted by atomic mass is 9.94. The average molecular weight is 240 g/mol. The van der Waals surface area contributed by atoms with Crippen molar-refractivity contribution in [1.82, 2.24) is 4.90 Å².